The van der Waals surface area contributed by atoms with E-state index in [-0.39, 0.29) is 10.6 Å². The fraction of sp³-hybridized carbons (Fsp3) is 0.312. The van der Waals surface area contributed by atoms with Gasteiger partial charge in [0.1, 0.15) is 12.1 Å². The van der Waals surface area contributed by atoms with E-state index in [0.29, 0.717) is 18.9 Å². The Morgan fingerprint density at radius 3 is 3.00 bits per heavy atom. The molecular weight excluding hydrogens is 324 g/mol. The highest BCUT2D eigenvalue weighted by atomic mass is 16.6. The highest BCUT2D eigenvalue weighted by molar-refractivity contribution is 5.51. The normalized spacial score (nSPS) is 13.9. The average Bonchev–Trinajstić information content (AvgIpc) is 3.09. The zero-order valence-electron chi connectivity index (χ0n) is 13.6. The molecular formula is C16H16N6O3. The lowest BCUT2D eigenvalue weighted by Crippen LogP contribution is -2.32. The summed E-state index contributed by atoms with van der Waals surface area (Å²) < 4.78 is 6.86. The number of methoxy groups -OCH3 is 1. The number of hydrogen-bond acceptors (Lipinski definition) is 7. The number of fused-ring (bicyclic) bond motifs is 2. The van der Waals surface area contributed by atoms with Crippen LogP contribution in [-0.2, 0) is 24.3 Å². The van der Waals surface area contributed by atoms with Crippen molar-refractivity contribution >= 4 is 17.3 Å². The molecule has 3 heterocycles. The molecule has 0 saturated heterocycles. The highest BCUT2D eigenvalue weighted by Gasteiger charge is 2.22. The topological polar surface area (TPSA) is 98.7 Å². The first-order chi connectivity index (χ1) is 12.2. The maximum Gasteiger partial charge on any atom is 0.269 e. The van der Waals surface area contributed by atoms with Crippen LogP contribution in [0.25, 0.3) is 5.78 Å². The summed E-state index contributed by atoms with van der Waals surface area (Å²) in [6.45, 7) is 1.74. The largest absolute Gasteiger partial charge is 0.378 e. The van der Waals surface area contributed by atoms with Crippen LogP contribution in [0.15, 0.2) is 30.6 Å². The summed E-state index contributed by atoms with van der Waals surface area (Å²) in [5.74, 6) is 1.36. The number of nitro groups is 1. The predicted octanol–water partition coefficient (Wildman–Crippen LogP) is 1.74. The van der Waals surface area contributed by atoms with E-state index in [1.165, 1.54) is 6.33 Å². The van der Waals surface area contributed by atoms with Crippen molar-refractivity contribution in [3.63, 3.8) is 0 Å². The third kappa shape index (κ3) is 2.78. The molecule has 0 radical (unpaired) electrons. The molecule has 1 aliphatic rings. The van der Waals surface area contributed by atoms with Crippen molar-refractivity contribution in [3.05, 3.63) is 57.5 Å². The second-order valence-electron chi connectivity index (χ2n) is 5.89. The van der Waals surface area contributed by atoms with E-state index in [1.54, 1.807) is 23.8 Å². The number of nitrogens with zero attached hydrogens (tertiary/aromatic N) is 6. The van der Waals surface area contributed by atoms with Gasteiger partial charge in [-0.25, -0.2) is 4.98 Å². The zero-order valence-corrected chi connectivity index (χ0v) is 13.6. The molecule has 0 saturated carbocycles. The van der Waals surface area contributed by atoms with Crippen LogP contribution < -0.4 is 4.90 Å². The third-order valence-corrected chi connectivity index (χ3v) is 4.32. The van der Waals surface area contributed by atoms with E-state index in [9.17, 15) is 10.1 Å². The fourth-order valence-corrected chi connectivity index (χ4v) is 3.14. The van der Waals surface area contributed by atoms with Gasteiger partial charge >= 0.3 is 0 Å². The van der Waals surface area contributed by atoms with Crippen molar-refractivity contribution in [2.24, 2.45) is 0 Å². The minimum Gasteiger partial charge on any atom is -0.378 e. The molecule has 2 aromatic heterocycles. The number of non-ortho nitro benzene ring substituents is 1. The summed E-state index contributed by atoms with van der Waals surface area (Å²) >= 11 is 0. The molecule has 0 unspecified atom stereocenters. The van der Waals surface area contributed by atoms with E-state index in [0.717, 1.165) is 35.6 Å². The van der Waals surface area contributed by atoms with E-state index in [1.807, 2.05) is 12.1 Å². The first kappa shape index (κ1) is 15.5. The van der Waals surface area contributed by atoms with Crippen molar-refractivity contribution in [2.45, 2.75) is 19.6 Å². The number of nitro benzene ring substituents is 1. The minimum absolute atomic E-state index is 0.112. The maximum absolute atomic E-state index is 11.0. The first-order valence-corrected chi connectivity index (χ1v) is 7.85. The van der Waals surface area contributed by atoms with E-state index < -0.39 is 0 Å². The molecule has 4 rings (SSSR count). The minimum atomic E-state index is -0.363. The summed E-state index contributed by atoms with van der Waals surface area (Å²) in [7, 11) is 1.62. The van der Waals surface area contributed by atoms with Crippen molar-refractivity contribution in [1.29, 1.82) is 0 Å². The molecule has 0 spiro atoms. The molecule has 0 N–H and O–H groups in total. The van der Waals surface area contributed by atoms with E-state index >= 15 is 0 Å². The van der Waals surface area contributed by atoms with Gasteiger partial charge in [-0.05, 0) is 17.5 Å². The van der Waals surface area contributed by atoms with Crippen molar-refractivity contribution in [3.8, 4) is 0 Å². The van der Waals surface area contributed by atoms with Crippen LogP contribution >= 0.6 is 0 Å². The SMILES string of the molecule is COCc1cc(N2CCc3ccc([N+](=O)[O-])cc3C2)n2ncnc2n1. The van der Waals surface area contributed by atoms with Crippen LogP contribution in [0.2, 0.25) is 0 Å². The molecule has 9 heteroatoms. The van der Waals surface area contributed by atoms with Gasteiger partial charge in [-0.15, -0.1) is 0 Å². The van der Waals surface area contributed by atoms with Crippen LogP contribution in [-0.4, -0.2) is 38.2 Å². The Morgan fingerprint density at radius 1 is 1.32 bits per heavy atom. The van der Waals surface area contributed by atoms with Crippen LogP contribution in [0, 0.1) is 10.1 Å². The number of rotatable bonds is 4. The molecule has 0 bridgehead atoms. The van der Waals surface area contributed by atoms with Crippen LogP contribution in [0.4, 0.5) is 11.5 Å². The van der Waals surface area contributed by atoms with Gasteiger partial charge in [0.15, 0.2) is 0 Å². The molecule has 128 valence electrons. The lowest BCUT2D eigenvalue weighted by atomic mass is 9.99. The number of benzene rings is 1. The molecule has 3 aromatic rings. The smallest absolute Gasteiger partial charge is 0.269 e. The monoisotopic (exact) mass is 340 g/mol. The molecule has 0 aliphatic carbocycles. The Balaban J connectivity index is 1.73. The van der Waals surface area contributed by atoms with Crippen molar-refractivity contribution < 1.29 is 9.66 Å². The molecule has 1 aromatic carbocycles. The zero-order chi connectivity index (χ0) is 17.4. The van der Waals surface area contributed by atoms with Gasteiger partial charge < -0.3 is 9.64 Å². The van der Waals surface area contributed by atoms with Gasteiger partial charge in [-0.3, -0.25) is 10.1 Å². The Hall–Kier alpha value is -3.07. The van der Waals surface area contributed by atoms with Crippen LogP contribution in [0.1, 0.15) is 16.8 Å². The Labute approximate surface area is 143 Å². The molecule has 0 atom stereocenters. The van der Waals surface area contributed by atoms with Crippen molar-refractivity contribution in [1.82, 2.24) is 19.6 Å². The fourth-order valence-electron chi connectivity index (χ4n) is 3.14. The predicted molar refractivity (Wildman–Crippen MR) is 89.3 cm³/mol. The van der Waals surface area contributed by atoms with E-state index in [2.05, 4.69) is 20.0 Å². The van der Waals surface area contributed by atoms with Gasteiger partial charge in [0.25, 0.3) is 11.5 Å². The Morgan fingerprint density at radius 2 is 2.20 bits per heavy atom. The molecule has 1 aliphatic heterocycles. The van der Waals surface area contributed by atoms with Gasteiger partial charge in [0, 0.05) is 38.4 Å². The van der Waals surface area contributed by atoms with Crippen LogP contribution in [0.3, 0.4) is 0 Å². The molecule has 0 amide bonds. The van der Waals surface area contributed by atoms with Crippen LogP contribution in [0.5, 0.6) is 0 Å². The third-order valence-electron chi connectivity index (χ3n) is 4.32. The number of aromatic nitrogens is 4. The quantitative estimate of drug-likeness (QED) is 0.527. The molecule has 9 nitrogen and oxygen atoms in total. The molecule has 0 fully saturated rings. The summed E-state index contributed by atoms with van der Waals surface area (Å²) in [5.41, 5.74) is 2.98. The van der Waals surface area contributed by atoms with E-state index in [4.69, 9.17) is 4.74 Å². The lowest BCUT2D eigenvalue weighted by molar-refractivity contribution is -0.384. The number of ether oxygens (including phenoxy) is 1. The number of anilines is 1. The Kier molecular flexibility index (Phi) is 3.77. The van der Waals surface area contributed by atoms with Gasteiger partial charge in [0.05, 0.1) is 17.2 Å². The second-order valence-corrected chi connectivity index (χ2v) is 5.89. The standard InChI is InChI=1S/C16H16N6O3/c1-25-9-13-7-15(21-16(19-13)17-10-18-21)20-5-4-11-2-3-14(22(23)24)6-12(11)8-20/h2-3,6-7,10H,4-5,8-9H2,1H3. The maximum atomic E-state index is 11.0. The lowest BCUT2D eigenvalue weighted by Gasteiger charge is -2.30. The van der Waals surface area contributed by atoms with Crippen molar-refractivity contribution in [2.75, 3.05) is 18.6 Å². The summed E-state index contributed by atoms with van der Waals surface area (Å²) in [5, 5.41) is 15.3. The highest BCUT2D eigenvalue weighted by Crippen LogP contribution is 2.27. The second kappa shape index (κ2) is 6.10. The average molecular weight is 340 g/mol. The summed E-state index contributed by atoms with van der Waals surface area (Å²) in [6.07, 6.45) is 2.27. The van der Waals surface area contributed by atoms with Gasteiger partial charge in [-0.1, -0.05) is 6.07 Å². The first-order valence-electron chi connectivity index (χ1n) is 7.85. The number of hydrogen-bond donors (Lipinski definition) is 0. The van der Waals surface area contributed by atoms with Gasteiger partial charge in [0.2, 0.25) is 0 Å². The molecule has 25 heavy (non-hydrogen) atoms. The Bertz CT molecular complexity index is 954. The summed E-state index contributed by atoms with van der Waals surface area (Å²) in [6, 6.07) is 6.98. The van der Waals surface area contributed by atoms with Gasteiger partial charge in [-0.2, -0.15) is 14.6 Å². The summed E-state index contributed by atoms with van der Waals surface area (Å²) in [4.78, 5) is 21.4.